The Morgan fingerprint density at radius 2 is 2.55 bits per heavy atom. The lowest BCUT2D eigenvalue weighted by molar-refractivity contribution is -0.122. The number of rotatable bonds is 7. The lowest BCUT2D eigenvalue weighted by Gasteiger charge is -2.24. The summed E-state index contributed by atoms with van der Waals surface area (Å²) in [5.74, 6) is 1.24. The van der Waals surface area contributed by atoms with Crippen molar-refractivity contribution >= 4 is 5.91 Å². The van der Waals surface area contributed by atoms with Crippen molar-refractivity contribution in [1.82, 2.24) is 14.9 Å². The largest absolute Gasteiger partial charge is 0.377 e. The van der Waals surface area contributed by atoms with E-state index in [9.17, 15) is 4.79 Å². The fraction of sp³-hybridized carbons (Fsp3) is 0.600. The number of amides is 1. The van der Waals surface area contributed by atoms with E-state index in [-0.39, 0.29) is 11.9 Å². The Morgan fingerprint density at radius 1 is 1.70 bits per heavy atom. The Bertz CT molecular complexity index is 468. The topological polar surface area (TPSA) is 56.1 Å². The lowest BCUT2D eigenvalue weighted by atomic mass is 10.1. The van der Waals surface area contributed by atoms with Gasteiger partial charge in [-0.15, -0.1) is 6.58 Å². The van der Waals surface area contributed by atoms with E-state index in [0.29, 0.717) is 19.6 Å². The van der Waals surface area contributed by atoms with Crippen LogP contribution in [0.3, 0.4) is 0 Å². The van der Waals surface area contributed by atoms with E-state index in [1.54, 1.807) is 6.08 Å². The zero-order valence-electron chi connectivity index (χ0n) is 12.1. The molecule has 5 nitrogen and oxygen atoms in total. The number of carbonyl (C=O) groups excluding carboxylic acids is 1. The number of aryl methyl sites for hydroxylation is 2. The summed E-state index contributed by atoms with van der Waals surface area (Å²) in [7, 11) is 0. The van der Waals surface area contributed by atoms with Crippen molar-refractivity contribution in [2.45, 2.75) is 45.2 Å². The van der Waals surface area contributed by atoms with Crippen molar-refractivity contribution in [2.75, 3.05) is 13.2 Å². The maximum atomic E-state index is 11.8. The van der Waals surface area contributed by atoms with Crippen LogP contribution in [0.1, 0.15) is 30.8 Å². The van der Waals surface area contributed by atoms with Crippen LogP contribution in [0.2, 0.25) is 0 Å². The number of hydrogen-bond donors (Lipinski definition) is 1. The van der Waals surface area contributed by atoms with Gasteiger partial charge in [0.2, 0.25) is 5.91 Å². The Morgan fingerprint density at radius 3 is 3.35 bits per heavy atom. The highest BCUT2D eigenvalue weighted by atomic mass is 16.5. The molecular weight excluding hydrogens is 254 g/mol. The van der Waals surface area contributed by atoms with Gasteiger partial charge in [-0.1, -0.05) is 6.08 Å². The minimum Gasteiger partial charge on any atom is -0.377 e. The molecule has 0 saturated heterocycles. The summed E-state index contributed by atoms with van der Waals surface area (Å²) in [5, 5.41) is 3.10. The van der Waals surface area contributed by atoms with Gasteiger partial charge in [-0.25, -0.2) is 4.98 Å². The molecule has 0 fully saturated rings. The molecule has 110 valence electrons. The maximum absolute atomic E-state index is 11.8. The van der Waals surface area contributed by atoms with Gasteiger partial charge in [0.25, 0.3) is 0 Å². The molecule has 0 unspecified atom stereocenters. The van der Waals surface area contributed by atoms with E-state index in [1.165, 1.54) is 0 Å². The van der Waals surface area contributed by atoms with Crippen LogP contribution in [0.25, 0.3) is 0 Å². The van der Waals surface area contributed by atoms with Gasteiger partial charge in [-0.3, -0.25) is 4.79 Å². The third kappa shape index (κ3) is 4.20. The number of imidazole rings is 1. The van der Waals surface area contributed by atoms with Crippen molar-refractivity contribution in [1.29, 1.82) is 0 Å². The van der Waals surface area contributed by atoms with Crippen LogP contribution >= 0.6 is 0 Å². The minimum atomic E-state index is 0.109. The van der Waals surface area contributed by atoms with Gasteiger partial charge in [-0.05, 0) is 19.8 Å². The van der Waals surface area contributed by atoms with Gasteiger partial charge in [0.05, 0.1) is 12.3 Å². The molecule has 2 heterocycles. The van der Waals surface area contributed by atoms with E-state index < -0.39 is 0 Å². The predicted octanol–water partition coefficient (Wildman–Crippen LogP) is 1.61. The molecule has 1 N–H and O–H groups in total. The van der Waals surface area contributed by atoms with Gasteiger partial charge in [0.15, 0.2) is 0 Å². The summed E-state index contributed by atoms with van der Waals surface area (Å²) in [6, 6.07) is 0.220. The highest BCUT2D eigenvalue weighted by Crippen LogP contribution is 2.15. The second-order valence-electron chi connectivity index (χ2n) is 5.22. The number of nitrogens with zero attached hydrogens (tertiary/aromatic N) is 2. The number of aromatic nitrogens is 2. The molecule has 1 amide bonds. The van der Waals surface area contributed by atoms with Crippen molar-refractivity contribution in [3.05, 3.63) is 30.4 Å². The van der Waals surface area contributed by atoms with Crippen LogP contribution in [-0.4, -0.2) is 34.7 Å². The molecule has 0 saturated carbocycles. The molecule has 5 heteroatoms. The zero-order chi connectivity index (χ0) is 14.4. The average Bonchev–Trinajstić information content (AvgIpc) is 2.78. The lowest BCUT2D eigenvalue weighted by Crippen LogP contribution is -2.40. The van der Waals surface area contributed by atoms with Gasteiger partial charge in [-0.2, -0.15) is 0 Å². The zero-order valence-corrected chi connectivity index (χ0v) is 12.1. The van der Waals surface area contributed by atoms with Crippen LogP contribution in [0.5, 0.6) is 0 Å². The summed E-state index contributed by atoms with van der Waals surface area (Å²) in [5.41, 5.74) is 1.05. The highest BCUT2D eigenvalue weighted by Gasteiger charge is 2.20. The second-order valence-corrected chi connectivity index (χ2v) is 5.22. The molecule has 1 aliphatic rings. The van der Waals surface area contributed by atoms with E-state index in [0.717, 1.165) is 37.3 Å². The van der Waals surface area contributed by atoms with Gasteiger partial charge in [0.1, 0.15) is 5.82 Å². The van der Waals surface area contributed by atoms with Crippen molar-refractivity contribution in [3.63, 3.8) is 0 Å². The van der Waals surface area contributed by atoms with Crippen LogP contribution in [0, 0.1) is 6.92 Å². The summed E-state index contributed by atoms with van der Waals surface area (Å²) < 4.78 is 7.41. The molecule has 1 atom stereocenters. The van der Waals surface area contributed by atoms with Gasteiger partial charge < -0.3 is 14.6 Å². The SMILES string of the molecule is C=CCOCCCC(=O)N[C@H]1CCc2nc(C)cn2C1. The van der Waals surface area contributed by atoms with E-state index in [1.807, 2.05) is 6.92 Å². The fourth-order valence-corrected chi connectivity index (χ4v) is 2.51. The average molecular weight is 277 g/mol. The van der Waals surface area contributed by atoms with Crippen LogP contribution < -0.4 is 5.32 Å². The Labute approximate surface area is 120 Å². The summed E-state index contributed by atoms with van der Waals surface area (Å²) in [6.45, 7) is 7.56. The molecule has 0 aromatic carbocycles. The highest BCUT2D eigenvalue weighted by molar-refractivity contribution is 5.76. The number of fused-ring (bicyclic) bond motifs is 1. The summed E-state index contributed by atoms with van der Waals surface area (Å²) >= 11 is 0. The quantitative estimate of drug-likeness (QED) is 0.608. The Hall–Kier alpha value is -1.62. The first kappa shape index (κ1) is 14.8. The first-order chi connectivity index (χ1) is 9.69. The van der Waals surface area contributed by atoms with E-state index >= 15 is 0 Å². The second kappa shape index (κ2) is 7.24. The smallest absolute Gasteiger partial charge is 0.220 e. The van der Waals surface area contributed by atoms with Gasteiger partial charge in [0, 0.05) is 38.2 Å². The van der Waals surface area contributed by atoms with E-state index in [2.05, 4.69) is 27.6 Å². The molecule has 0 bridgehead atoms. The summed E-state index contributed by atoms with van der Waals surface area (Å²) in [4.78, 5) is 16.3. The number of ether oxygens (including phenoxy) is 1. The van der Waals surface area contributed by atoms with Gasteiger partial charge >= 0.3 is 0 Å². The van der Waals surface area contributed by atoms with Crippen LogP contribution in [-0.2, 0) is 22.5 Å². The van der Waals surface area contributed by atoms with Crippen molar-refractivity contribution < 1.29 is 9.53 Å². The fourth-order valence-electron chi connectivity index (χ4n) is 2.51. The third-order valence-corrected chi connectivity index (χ3v) is 3.41. The Kier molecular flexibility index (Phi) is 5.35. The number of nitrogens with one attached hydrogen (secondary N) is 1. The van der Waals surface area contributed by atoms with Crippen molar-refractivity contribution in [3.8, 4) is 0 Å². The van der Waals surface area contributed by atoms with E-state index in [4.69, 9.17) is 4.74 Å². The molecule has 1 aromatic heterocycles. The van der Waals surface area contributed by atoms with Crippen LogP contribution in [0.4, 0.5) is 0 Å². The normalized spacial score (nSPS) is 17.6. The number of hydrogen-bond acceptors (Lipinski definition) is 3. The molecule has 20 heavy (non-hydrogen) atoms. The van der Waals surface area contributed by atoms with Crippen LogP contribution in [0.15, 0.2) is 18.9 Å². The predicted molar refractivity (Wildman–Crippen MR) is 77.5 cm³/mol. The first-order valence-electron chi connectivity index (χ1n) is 7.19. The Balaban J connectivity index is 1.69. The molecular formula is C15H23N3O2. The molecule has 0 aliphatic carbocycles. The maximum Gasteiger partial charge on any atom is 0.220 e. The molecule has 0 spiro atoms. The summed E-state index contributed by atoms with van der Waals surface area (Å²) in [6.07, 6.45) is 6.94. The minimum absolute atomic E-state index is 0.109. The standard InChI is InChI=1S/C15H23N3O2/c1-3-8-20-9-4-5-15(19)17-13-6-7-14-16-12(2)10-18(14)11-13/h3,10,13H,1,4-9,11H2,2H3,(H,17,19)/t13-/m0/s1. The monoisotopic (exact) mass is 277 g/mol. The third-order valence-electron chi connectivity index (χ3n) is 3.41. The first-order valence-corrected chi connectivity index (χ1v) is 7.19. The number of carbonyl (C=O) groups is 1. The molecule has 2 rings (SSSR count). The molecule has 1 aliphatic heterocycles. The molecule has 0 radical (unpaired) electrons. The molecule has 1 aromatic rings. The van der Waals surface area contributed by atoms with Crippen molar-refractivity contribution in [2.24, 2.45) is 0 Å².